The van der Waals surface area contributed by atoms with Crippen molar-refractivity contribution in [2.75, 3.05) is 6.54 Å². The molecule has 2 aromatic rings. The largest absolute Gasteiger partial charge is 0.353 e. The summed E-state index contributed by atoms with van der Waals surface area (Å²) in [5.74, 6) is -0.0577. The Morgan fingerprint density at radius 1 is 1.00 bits per heavy atom. The Hall–Kier alpha value is -2.18. The van der Waals surface area contributed by atoms with Gasteiger partial charge in [0.15, 0.2) is 0 Å². The van der Waals surface area contributed by atoms with Crippen molar-refractivity contribution < 1.29 is 13.2 Å². The van der Waals surface area contributed by atoms with E-state index in [9.17, 15) is 13.2 Å². The van der Waals surface area contributed by atoms with Crippen LogP contribution >= 0.6 is 0 Å². The number of carbonyl (C=O) groups excluding carboxylic acids is 1. The van der Waals surface area contributed by atoms with Crippen LogP contribution in [0, 0.1) is 6.92 Å². The number of hydrogen-bond acceptors (Lipinski definition) is 3. The maximum atomic E-state index is 13.5. The number of nitrogens with one attached hydrogen (secondary N) is 1. The number of benzene rings is 2. The molecule has 1 aliphatic carbocycles. The van der Waals surface area contributed by atoms with E-state index < -0.39 is 16.1 Å². The average Bonchev–Trinajstić information content (AvgIpc) is 3.02. The highest BCUT2D eigenvalue weighted by atomic mass is 32.2. The van der Waals surface area contributed by atoms with Crippen LogP contribution in [0.5, 0.6) is 0 Å². The van der Waals surface area contributed by atoms with Gasteiger partial charge in [-0.15, -0.1) is 0 Å². The molecule has 0 unspecified atom stereocenters. The van der Waals surface area contributed by atoms with E-state index in [1.807, 2.05) is 43.3 Å². The minimum absolute atomic E-state index is 0.0577. The van der Waals surface area contributed by atoms with Crippen molar-refractivity contribution in [3.63, 3.8) is 0 Å². The molecule has 1 fully saturated rings. The van der Waals surface area contributed by atoms with Crippen molar-refractivity contribution in [1.82, 2.24) is 9.62 Å². The summed E-state index contributed by atoms with van der Waals surface area (Å²) < 4.78 is 28.6. The van der Waals surface area contributed by atoms with Crippen LogP contribution in [-0.2, 0) is 21.2 Å². The van der Waals surface area contributed by atoms with E-state index in [2.05, 4.69) is 5.32 Å². The van der Waals surface area contributed by atoms with Crippen LogP contribution in [0.3, 0.4) is 0 Å². The van der Waals surface area contributed by atoms with E-state index in [0.717, 1.165) is 42.4 Å². The molecule has 5 nitrogen and oxygen atoms in total. The average molecular weight is 441 g/mol. The maximum absolute atomic E-state index is 13.5. The van der Waals surface area contributed by atoms with Crippen LogP contribution in [0.15, 0.2) is 53.4 Å². The zero-order valence-electron chi connectivity index (χ0n) is 18.2. The van der Waals surface area contributed by atoms with Crippen molar-refractivity contribution >= 4 is 15.9 Å². The van der Waals surface area contributed by atoms with E-state index in [4.69, 9.17) is 0 Å². The van der Waals surface area contributed by atoms with Crippen molar-refractivity contribution in [1.29, 1.82) is 0 Å². The van der Waals surface area contributed by atoms with Gasteiger partial charge in [0.2, 0.25) is 15.9 Å². The number of rotatable bonds is 5. The third kappa shape index (κ3) is 5.01. The lowest BCUT2D eigenvalue weighted by Gasteiger charge is -2.36. The van der Waals surface area contributed by atoms with Gasteiger partial charge in [0.25, 0.3) is 0 Å². The number of nitrogens with zero attached hydrogens (tertiary/aromatic N) is 1. The fourth-order valence-electron chi connectivity index (χ4n) is 4.86. The van der Waals surface area contributed by atoms with E-state index >= 15 is 0 Å². The molecule has 0 radical (unpaired) electrons. The number of amides is 1. The normalized spacial score (nSPS) is 20.6. The highest BCUT2D eigenvalue weighted by molar-refractivity contribution is 7.89. The van der Waals surface area contributed by atoms with Gasteiger partial charge in [0.1, 0.15) is 0 Å². The Bertz CT molecular complexity index is 1010. The predicted octanol–water partition coefficient (Wildman–Crippen LogP) is 4.51. The smallest absolute Gasteiger partial charge is 0.243 e. The number of hydrogen-bond donors (Lipinski definition) is 1. The van der Waals surface area contributed by atoms with E-state index in [1.165, 1.54) is 17.1 Å². The zero-order chi connectivity index (χ0) is 21.8. The number of aryl methyl sites for hydroxylation is 1. The van der Waals surface area contributed by atoms with Gasteiger partial charge in [-0.25, -0.2) is 8.42 Å². The van der Waals surface area contributed by atoms with Gasteiger partial charge in [-0.2, -0.15) is 4.31 Å². The fraction of sp³-hybridized carbons (Fsp3) is 0.480. The Morgan fingerprint density at radius 3 is 2.39 bits per heavy atom. The maximum Gasteiger partial charge on any atom is 0.243 e. The van der Waals surface area contributed by atoms with Crippen molar-refractivity contribution in [3.8, 4) is 0 Å². The van der Waals surface area contributed by atoms with Crippen LogP contribution in [0.4, 0.5) is 0 Å². The Labute approximate surface area is 185 Å². The molecule has 2 aliphatic rings. The molecule has 31 heavy (non-hydrogen) atoms. The molecule has 6 heteroatoms. The van der Waals surface area contributed by atoms with Crippen LogP contribution in [0.1, 0.15) is 67.7 Å². The zero-order valence-corrected chi connectivity index (χ0v) is 19.0. The number of fused-ring (bicyclic) bond motifs is 1. The lowest BCUT2D eigenvalue weighted by Crippen LogP contribution is -2.43. The molecule has 4 rings (SSSR count). The lowest BCUT2D eigenvalue weighted by molar-refractivity contribution is -0.122. The van der Waals surface area contributed by atoms with Gasteiger partial charge < -0.3 is 5.32 Å². The first-order chi connectivity index (χ1) is 14.9. The summed E-state index contributed by atoms with van der Waals surface area (Å²) in [6, 6.07) is 14.6. The molecule has 1 aliphatic heterocycles. The second-order valence-electron chi connectivity index (χ2n) is 8.85. The summed E-state index contributed by atoms with van der Waals surface area (Å²) in [4.78, 5) is 13.3. The molecule has 1 amide bonds. The Morgan fingerprint density at radius 2 is 1.68 bits per heavy atom. The molecule has 1 atom stereocenters. The first-order valence-electron chi connectivity index (χ1n) is 11.4. The van der Waals surface area contributed by atoms with Gasteiger partial charge >= 0.3 is 0 Å². The standard InChI is InChI=1S/C25H32N2O3S/c1-19-12-14-22(15-13-19)31(29,30)27-17-16-20-8-6-7-11-23(20)24(27)18-25(28)26-21-9-4-2-3-5-10-21/h6-8,11-15,21,24H,2-5,9-10,16-18H2,1H3,(H,26,28)/t24-/m1/s1. The van der Waals surface area contributed by atoms with E-state index in [-0.39, 0.29) is 23.3 Å². The quantitative estimate of drug-likeness (QED) is 0.696. The molecule has 2 aromatic carbocycles. The molecule has 0 aromatic heterocycles. The van der Waals surface area contributed by atoms with Crippen molar-refractivity contribution in [2.45, 2.75) is 75.3 Å². The molecule has 166 valence electrons. The molecule has 1 heterocycles. The highest BCUT2D eigenvalue weighted by Crippen LogP contribution is 2.36. The van der Waals surface area contributed by atoms with Gasteiger partial charge in [-0.1, -0.05) is 67.6 Å². The Kier molecular flexibility index (Phi) is 6.77. The summed E-state index contributed by atoms with van der Waals surface area (Å²) in [7, 11) is -3.70. The summed E-state index contributed by atoms with van der Waals surface area (Å²) >= 11 is 0. The van der Waals surface area contributed by atoms with Gasteiger partial charge in [0, 0.05) is 19.0 Å². The number of sulfonamides is 1. The van der Waals surface area contributed by atoms with Crippen LogP contribution < -0.4 is 5.32 Å². The molecule has 0 spiro atoms. The van der Waals surface area contributed by atoms with E-state index in [1.54, 1.807) is 12.1 Å². The second-order valence-corrected chi connectivity index (χ2v) is 10.7. The lowest BCUT2D eigenvalue weighted by atomic mass is 9.92. The summed E-state index contributed by atoms with van der Waals surface area (Å²) in [5, 5.41) is 3.20. The van der Waals surface area contributed by atoms with Crippen molar-refractivity contribution in [2.24, 2.45) is 0 Å². The molecular formula is C25H32N2O3S. The van der Waals surface area contributed by atoms with Crippen LogP contribution in [-0.4, -0.2) is 31.2 Å². The first-order valence-corrected chi connectivity index (χ1v) is 12.8. The van der Waals surface area contributed by atoms with Gasteiger partial charge in [0.05, 0.1) is 10.9 Å². The van der Waals surface area contributed by atoms with E-state index in [0.29, 0.717) is 13.0 Å². The second kappa shape index (κ2) is 9.53. The Balaban J connectivity index is 1.60. The van der Waals surface area contributed by atoms with Crippen LogP contribution in [0.2, 0.25) is 0 Å². The SMILES string of the molecule is Cc1ccc(S(=O)(=O)N2CCc3ccccc3[C@H]2CC(=O)NC2CCCCCC2)cc1. The van der Waals surface area contributed by atoms with Gasteiger partial charge in [-0.05, 0) is 49.4 Å². The minimum Gasteiger partial charge on any atom is -0.353 e. The summed E-state index contributed by atoms with van der Waals surface area (Å²) in [6.45, 7) is 2.32. The molecule has 0 bridgehead atoms. The fourth-order valence-corrected chi connectivity index (χ4v) is 6.47. The predicted molar refractivity (Wildman–Crippen MR) is 122 cm³/mol. The summed E-state index contributed by atoms with van der Waals surface area (Å²) in [5.41, 5.74) is 3.09. The van der Waals surface area contributed by atoms with Gasteiger partial charge in [-0.3, -0.25) is 4.79 Å². The first kappa shape index (κ1) is 22.0. The molecule has 1 N–H and O–H groups in total. The third-order valence-electron chi connectivity index (χ3n) is 6.59. The number of carbonyl (C=O) groups is 1. The van der Waals surface area contributed by atoms with Crippen LogP contribution in [0.25, 0.3) is 0 Å². The topological polar surface area (TPSA) is 66.5 Å². The third-order valence-corrected chi connectivity index (χ3v) is 8.51. The molecular weight excluding hydrogens is 408 g/mol. The molecule has 1 saturated carbocycles. The monoisotopic (exact) mass is 440 g/mol. The molecule has 0 saturated heterocycles. The van der Waals surface area contributed by atoms with Crippen molar-refractivity contribution in [3.05, 3.63) is 65.2 Å². The highest BCUT2D eigenvalue weighted by Gasteiger charge is 2.37. The summed E-state index contributed by atoms with van der Waals surface area (Å²) in [6.07, 6.45) is 7.57. The minimum atomic E-state index is -3.70.